The summed E-state index contributed by atoms with van der Waals surface area (Å²) in [7, 11) is 0. The van der Waals surface area contributed by atoms with Crippen LogP contribution in [0.25, 0.3) is 6.08 Å². The summed E-state index contributed by atoms with van der Waals surface area (Å²) >= 11 is 0. The highest BCUT2D eigenvalue weighted by Crippen LogP contribution is 2.36. The van der Waals surface area contributed by atoms with E-state index in [0.29, 0.717) is 13.1 Å². The quantitative estimate of drug-likeness (QED) is 0.664. The highest BCUT2D eigenvalue weighted by atomic mass is 16.7. The summed E-state index contributed by atoms with van der Waals surface area (Å²) in [4.78, 5) is 20.4. The minimum atomic E-state index is -0.256. The number of piperidine rings is 1. The van der Waals surface area contributed by atoms with Gasteiger partial charge in [-0.1, -0.05) is 80.5 Å². The van der Waals surface area contributed by atoms with Gasteiger partial charge in [0, 0.05) is 38.4 Å². The van der Waals surface area contributed by atoms with E-state index in [9.17, 15) is 4.79 Å². The Kier molecular flexibility index (Phi) is 5.50. The summed E-state index contributed by atoms with van der Waals surface area (Å²) in [6, 6.07) is 18.6. The predicted molar refractivity (Wildman–Crippen MR) is 121 cm³/mol. The normalized spacial score (nSPS) is 18.5. The number of hydrogen-bond donors (Lipinski definition) is 0. The number of oxime groups is 1. The molecule has 0 bridgehead atoms. The van der Waals surface area contributed by atoms with Crippen molar-refractivity contribution in [2.24, 2.45) is 5.16 Å². The van der Waals surface area contributed by atoms with E-state index in [1.165, 1.54) is 5.56 Å². The largest absolute Gasteiger partial charge is 0.388 e. The number of benzene rings is 2. The molecule has 0 radical (unpaired) electrons. The van der Waals surface area contributed by atoms with Crippen molar-refractivity contribution >= 4 is 17.7 Å². The molecule has 1 spiro atoms. The molecule has 1 amide bonds. The second kappa shape index (κ2) is 8.10. The first kappa shape index (κ1) is 20.4. The molecule has 2 aliphatic heterocycles. The molecule has 156 valence electrons. The average Bonchev–Trinajstić information content (AvgIpc) is 3.16. The summed E-state index contributed by atoms with van der Waals surface area (Å²) in [5, 5.41) is 4.35. The Labute approximate surface area is 179 Å². The van der Waals surface area contributed by atoms with Crippen molar-refractivity contribution in [1.29, 1.82) is 0 Å². The molecule has 4 heteroatoms. The molecular weight excluding hydrogens is 372 g/mol. The average molecular weight is 403 g/mol. The van der Waals surface area contributed by atoms with Crippen LogP contribution in [0.3, 0.4) is 0 Å². The summed E-state index contributed by atoms with van der Waals surface area (Å²) in [6.07, 6.45) is 6.03. The number of carbonyl (C=O) groups is 1. The molecule has 1 saturated heterocycles. The third-order valence-corrected chi connectivity index (χ3v) is 6.13. The zero-order chi connectivity index (χ0) is 21.2. The van der Waals surface area contributed by atoms with E-state index in [4.69, 9.17) is 4.84 Å². The Balaban J connectivity index is 1.31. The van der Waals surface area contributed by atoms with Gasteiger partial charge in [-0.15, -0.1) is 0 Å². The molecule has 0 unspecified atom stereocenters. The van der Waals surface area contributed by atoms with E-state index in [2.05, 4.69) is 62.3 Å². The fourth-order valence-corrected chi connectivity index (χ4v) is 4.08. The van der Waals surface area contributed by atoms with Gasteiger partial charge in [0.25, 0.3) is 0 Å². The van der Waals surface area contributed by atoms with Crippen LogP contribution in [-0.4, -0.2) is 35.2 Å². The first-order valence-corrected chi connectivity index (χ1v) is 10.7. The maximum atomic E-state index is 12.7. The van der Waals surface area contributed by atoms with Crippen LogP contribution in [-0.2, 0) is 15.0 Å². The minimum absolute atomic E-state index is 0.0620. The van der Waals surface area contributed by atoms with E-state index in [1.54, 1.807) is 6.08 Å². The van der Waals surface area contributed by atoms with Crippen LogP contribution >= 0.6 is 0 Å². The Morgan fingerprint density at radius 2 is 1.70 bits per heavy atom. The second-order valence-electron chi connectivity index (χ2n) is 9.39. The number of hydrogen-bond acceptors (Lipinski definition) is 3. The Morgan fingerprint density at radius 3 is 2.33 bits per heavy atom. The van der Waals surface area contributed by atoms with Crippen molar-refractivity contribution in [2.75, 3.05) is 13.1 Å². The zero-order valence-electron chi connectivity index (χ0n) is 18.1. The molecule has 2 aromatic carbocycles. The fourth-order valence-electron chi connectivity index (χ4n) is 4.08. The molecule has 4 rings (SSSR count). The highest BCUT2D eigenvalue weighted by Gasteiger charge is 2.42. The molecule has 0 aliphatic carbocycles. The van der Waals surface area contributed by atoms with E-state index in [-0.39, 0.29) is 16.9 Å². The summed E-state index contributed by atoms with van der Waals surface area (Å²) in [6.45, 7) is 8.00. The third kappa shape index (κ3) is 4.48. The lowest BCUT2D eigenvalue weighted by molar-refractivity contribution is -0.131. The lowest BCUT2D eigenvalue weighted by Gasteiger charge is -2.36. The Bertz CT molecular complexity index is 945. The van der Waals surface area contributed by atoms with E-state index in [1.807, 2.05) is 29.2 Å². The van der Waals surface area contributed by atoms with Crippen LogP contribution < -0.4 is 0 Å². The Hall–Kier alpha value is -2.88. The van der Waals surface area contributed by atoms with Crippen molar-refractivity contribution in [1.82, 2.24) is 4.90 Å². The maximum Gasteiger partial charge on any atom is 0.246 e. The lowest BCUT2D eigenvalue weighted by Crippen LogP contribution is -2.46. The van der Waals surface area contributed by atoms with Crippen molar-refractivity contribution in [3.8, 4) is 0 Å². The smallest absolute Gasteiger partial charge is 0.246 e. The molecule has 0 N–H and O–H groups in total. The second-order valence-corrected chi connectivity index (χ2v) is 9.39. The highest BCUT2D eigenvalue weighted by molar-refractivity contribution is 6.01. The summed E-state index contributed by atoms with van der Waals surface area (Å²) in [5.74, 6) is 0.0620. The maximum absolute atomic E-state index is 12.7. The van der Waals surface area contributed by atoms with Crippen molar-refractivity contribution in [3.05, 3.63) is 77.4 Å². The van der Waals surface area contributed by atoms with Gasteiger partial charge < -0.3 is 9.74 Å². The molecule has 4 nitrogen and oxygen atoms in total. The molecule has 0 saturated carbocycles. The molecular formula is C26H30N2O2. The van der Waals surface area contributed by atoms with Crippen molar-refractivity contribution in [3.63, 3.8) is 0 Å². The first-order valence-electron chi connectivity index (χ1n) is 10.7. The molecule has 2 heterocycles. The van der Waals surface area contributed by atoms with Crippen molar-refractivity contribution in [2.45, 2.75) is 51.0 Å². The number of carbonyl (C=O) groups excluding carboxylic acids is 1. The van der Waals surface area contributed by atoms with Crippen LogP contribution in [0.2, 0.25) is 0 Å². The lowest BCUT2D eigenvalue weighted by atomic mass is 9.85. The topological polar surface area (TPSA) is 41.9 Å². The number of nitrogens with zero attached hydrogens (tertiary/aromatic N) is 2. The van der Waals surface area contributed by atoms with E-state index >= 15 is 0 Å². The SMILES string of the molecule is CC(C)(C)c1ccc(C=CC(=O)N2CCC3(CC2)CC(c2ccccc2)=NO3)cc1. The predicted octanol–water partition coefficient (Wildman–Crippen LogP) is 5.18. The van der Waals surface area contributed by atoms with Gasteiger partial charge in [-0.3, -0.25) is 4.79 Å². The van der Waals surface area contributed by atoms with Crippen LogP contribution in [0.15, 0.2) is 65.8 Å². The zero-order valence-corrected chi connectivity index (χ0v) is 18.1. The standard InChI is InChI=1S/C26H30N2O2/c1-25(2,3)22-12-9-20(10-13-22)11-14-24(29)28-17-15-26(16-18-28)19-23(27-30-26)21-7-5-4-6-8-21/h4-14H,15-19H2,1-3H3. The van der Waals surface area contributed by atoms with Gasteiger partial charge in [-0.25, -0.2) is 0 Å². The number of likely N-dealkylation sites (tertiary alicyclic amines) is 1. The fraction of sp³-hybridized carbons (Fsp3) is 0.385. The molecule has 0 aromatic heterocycles. The Morgan fingerprint density at radius 1 is 1.03 bits per heavy atom. The van der Waals surface area contributed by atoms with Crippen molar-refractivity contribution < 1.29 is 9.63 Å². The van der Waals surface area contributed by atoms with Crippen LogP contribution in [0.4, 0.5) is 0 Å². The van der Waals surface area contributed by atoms with E-state index in [0.717, 1.165) is 36.1 Å². The number of rotatable bonds is 3. The van der Waals surface area contributed by atoms with Gasteiger partial charge in [0.1, 0.15) is 5.60 Å². The van der Waals surface area contributed by atoms with Crippen LogP contribution in [0.5, 0.6) is 0 Å². The van der Waals surface area contributed by atoms with Crippen LogP contribution in [0.1, 0.15) is 56.7 Å². The van der Waals surface area contributed by atoms with Gasteiger partial charge in [0.15, 0.2) is 0 Å². The van der Waals surface area contributed by atoms with Gasteiger partial charge in [0.05, 0.1) is 5.71 Å². The summed E-state index contributed by atoms with van der Waals surface area (Å²) in [5.41, 5.74) is 4.34. The third-order valence-electron chi connectivity index (χ3n) is 6.13. The number of amides is 1. The minimum Gasteiger partial charge on any atom is -0.388 e. The molecule has 0 atom stereocenters. The molecule has 2 aliphatic rings. The molecule has 30 heavy (non-hydrogen) atoms. The summed E-state index contributed by atoms with van der Waals surface area (Å²) < 4.78 is 0. The van der Waals surface area contributed by atoms with E-state index < -0.39 is 0 Å². The van der Waals surface area contributed by atoms with Gasteiger partial charge in [0.2, 0.25) is 5.91 Å². The molecule has 2 aromatic rings. The first-order chi connectivity index (χ1) is 14.3. The molecule has 1 fully saturated rings. The van der Waals surface area contributed by atoms with Gasteiger partial charge >= 0.3 is 0 Å². The van der Waals surface area contributed by atoms with Gasteiger partial charge in [-0.2, -0.15) is 0 Å². The van der Waals surface area contributed by atoms with Crippen LogP contribution in [0, 0.1) is 0 Å². The monoisotopic (exact) mass is 402 g/mol. The van der Waals surface area contributed by atoms with Gasteiger partial charge in [-0.05, 0) is 28.2 Å².